The van der Waals surface area contributed by atoms with Crippen molar-refractivity contribution in [3.8, 4) is 0 Å². The normalized spacial score (nSPS) is 19.7. The molecule has 1 aliphatic carbocycles. The second-order valence-corrected chi connectivity index (χ2v) is 3.23. The SMILES string of the molecule is [NH3+][C@H](c1cccnc1)C1CC1. The van der Waals surface area contributed by atoms with E-state index >= 15 is 0 Å². The number of aromatic nitrogens is 1. The summed E-state index contributed by atoms with van der Waals surface area (Å²) >= 11 is 0. The molecule has 1 saturated carbocycles. The van der Waals surface area contributed by atoms with E-state index in [1.807, 2.05) is 18.5 Å². The van der Waals surface area contributed by atoms with Gasteiger partial charge in [-0.2, -0.15) is 0 Å². The van der Waals surface area contributed by atoms with Crippen molar-refractivity contribution in [3.05, 3.63) is 30.1 Å². The zero-order valence-electron chi connectivity index (χ0n) is 6.53. The minimum Gasteiger partial charge on any atom is -0.351 e. The highest BCUT2D eigenvalue weighted by Gasteiger charge is 2.32. The topological polar surface area (TPSA) is 40.5 Å². The highest BCUT2D eigenvalue weighted by molar-refractivity contribution is 5.13. The van der Waals surface area contributed by atoms with Gasteiger partial charge in [0.05, 0.1) is 0 Å². The largest absolute Gasteiger partial charge is 0.351 e. The quantitative estimate of drug-likeness (QED) is 0.663. The minimum absolute atomic E-state index is 0.476. The van der Waals surface area contributed by atoms with Gasteiger partial charge in [-0.25, -0.2) is 0 Å². The Morgan fingerprint density at radius 3 is 2.91 bits per heavy atom. The van der Waals surface area contributed by atoms with Crippen LogP contribution in [-0.2, 0) is 0 Å². The van der Waals surface area contributed by atoms with Gasteiger partial charge < -0.3 is 5.73 Å². The summed E-state index contributed by atoms with van der Waals surface area (Å²) in [5.74, 6) is 0.833. The second-order valence-electron chi connectivity index (χ2n) is 3.23. The first-order valence-electron chi connectivity index (χ1n) is 4.11. The monoisotopic (exact) mass is 149 g/mol. The third-order valence-electron chi connectivity index (χ3n) is 2.30. The molecule has 58 valence electrons. The molecule has 0 aromatic carbocycles. The maximum Gasteiger partial charge on any atom is 0.114 e. The summed E-state index contributed by atoms with van der Waals surface area (Å²) in [5.41, 5.74) is 5.42. The predicted octanol–water partition coefficient (Wildman–Crippen LogP) is 0.775. The van der Waals surface area contributed by atoms with Crippen LogP contribution in [0.5, 0.6) is 0 Å². The average molecular weight is 149 g/mol. The molecule has 0 spiro atoms. The van der Waals surface area contributed by atoms with Crippen molar-refractivity contribution in [3.63, 3.8) is 0 Å². The maximum atomic E-state index is 4.13. The molecule has 3 N–H and O–H groups in total. The van der Waals surface area contributed by atoms with Crippen LogP contribution in [0, 0.1) is 5.92 Å². The first-order valence-corrected chi connectivity index (χ1v) is 4.11. The van der Waals surface area contributed by atoms with Crippen molar-refractivity contribution in [2.24, 2.45) is 5.92 Å². The van der Waals surface area contributed by atoms with Crippen molar-refractivity contribution in [2.75, 3.05) is 0 Å². The van der Waals surface area contributed by atoms with Crippen LogP contribution in [0.2, 0.25) is 0 Å². The number of nitrogens with zero attached hydrogens (tertiary/aromatic N) is 1. The lowest BCUT2D eigenvalue weighted by atomic mass is 10.1. The standard InChI is InChI=1S/C9H12N2/c10-9(7-3-4-7)8-2-1-5-11-6-8/h1-2,5-7,9H,3-4,10H2/p+1/t9-/m0/s1. The molecule has 11 heavy (non-hydrogen) atoms. The van der Waals surface area contributed by atoms with Crippen LogP contribution in [0.25, 0.3) is 0 Å². The van der Waals surface area contributed by atoms with Gasteiger partial charge in [-0.15, -0.1) is 0 Å². The van der Waals surface area contributed by atoms with Crippen molar-refractivity contribution in [2.45, 2.75) is 18.9 Å². The van der Waals surface area contributed by atoms with Gasteiger partial charge in [-0.1, -0.05) is 6.07 Å². The maximum absolute atomic E-state index is 4.13. The Labute approximate surface area is 66.4 Å². The predicted molar refractivity (Wildman–Crippen MR) is 42.6 cm³/mol. The highest BCUT2D eigenvalue weighted by Crippen LogP contribution is 2.37. The minimum atomic E-state index is 0.476. The van der Waals surface area contributed by atoms with E-state index in [2.05, 4.69) is 16.8 Å². The third-order valence-corrected chi connectivity index (χ3v) is 2.30. The van der Waals surface area contributed by atoms with E-state index in [0.717, 1.165) is 5.92 Å². The summed E-state index contributed by atoms with van der Waals surface area (Å²) in [7, 11) is 0. The fourth-order valence-corrected chi connectivity index (χ4v) is 1.37. The van der Waals surface area contributed by atoms with Gasteiger partial charge in [0.25, 0.3) is 0 Å². The van der Waals surface area contributed by atoms with E-state index in [-0.39, 0.29) is 0 Å². The van der Waals surface area contributed by atoms with Gasteiger partial charge in [-0.05, 0) is 18.9 Å². The Hall–Kier alpha value is -0.890. The summed E-state index contributed by atoms with van der Waals surface area (Å²) in [5, 5.41) is 0. The number of quaternary nitrogens is 1. The van der Waals surface area contributed by atoms with E-state index < -0.39 is 0 Å². The van der Waals surface area contributed by atoms with E-state index in [4.69, 9.17) is 0 Å². The van der Waals surface area contributed by atoms with Crippen LogP contribution in [0.4, 0.5) is 0 Å². The fourth-order valence-electron chi connectivity index (χ4n) is 1.37. The van der Waals surface area contributed by atoms with Gasteiger partial charge in [0.15, 0.2) is 0 Å². The molecule has 1 aromatic rings. The van der Waals surface area contributed by atoms with Gasteiger partial charge in [-0.3, -0.25) is 4.98 Å². The summed E-state index contributed by atoms with van der Waals surface area (Å²) in [6.45, 7) is 0. The lowest BCUT2D eigenvalue weighted by molar-refractivity contribution is -0.432. The summed E-state index contributed by atoms with van der Waals surface area (Å²) in [6, 6.07) is 4.57. The molecule has 0 radical (unpaired) electrons. The van der Waals surface area contributed by atoms with Crippen LogP contribution in [-0.4, -0.2) is 4.98 Å². The molecule has 1 aliphatic rings. The molecule has 2 rings (SSSR count). The van der Waals surface area contributed by atoms with E-state index in [0.29, 0.717) is 6.04 Å². The highest BCUT2D eigenvalue weighted by atomic mass is 14.7. The van der Waals surface area contributed by atoms with Crippen LogP contribution in [0.1, 0.15) is 24.4 Å². The Morgan fingerprint density at radius 1 is 1.55 bits per heavy atom. The second kappa shape index (κ2) is 2.62. The average Bonchev–Trinajstić information content (AvgIpc) is 2.87. The van der Waals surface area contributed by atoms with E-state index in [9.17, 15) is 0 Å². The van der Waals surface area contributed by atoms with E-state index in [1.165, 1.54) is 18.4 Å². The lowest BCUT2D eigenvalue weighted by Gasteiger charge is -2.04. The zero-order valence-corrected chi connectivity index (χ0v) is 6.53. The molecule has 0 saturated heterocycles. The molecule has 1 aromatic heterocycles. The summed E-state index contributed by atoms with van der Waals surface area (Å²) in [4.78, 5) is 4.08. The fraction of sp³-hybridized carbons (Fsp3) is 0.444. The summed E-state index contributed by atoms with van der Waals surface area (Å²) < 4.78 is 0. The Kier molecular flexibility index (Phi) is 1.62. The Bertz CT molecular complexity index is 229. The van der Waals surface area contributed by atoms with Gasteiger partial charge in [0.1, 0.15) is 6.04 Å². The van der Waals surface area contributed by atoms with Crippen molar-refractivity contribution in [1.29, 1.82) is 0 Å². The van der Waals surface area contributed by atoms with Crippen molar-refractivity contribution < 1.29 is 5.73 Å². The van der Waals surface area contributed by atoms with E-state index in [1.54, 1.807) is 0 Å². The molecule has 1 atom stereocenters. The number of pyridine rings is 1. The smallest absolute Gasteiger partial charge is 0.114 e. The summed E-state index contributed by atoms with van der Waals surface area (Å²) in [6.07, 6.45) is 6.44. The van der Waals surface area contributed by atoms with Gasteiger partial charge in [0.2, 0.25) is 0 Å². The van der Waals surface area contributed by atoms with Gasteiger partial charge in [0, 0.05) is 23.9 Å². The first kappa shape index (κ1) is 6.80. The van der Waals surface area contributed by atoms with Gasteiger partial charge >= 0.3 is 0 Å². The Morgan fingerprint density at radius 2 is 2.36 bits per heavy atom. The van der Waals surface area contributed by atoms with Crippen molar-refractivity contribution >= 4 is 0 Å². The molecule has 0 amide bonds. The number of rotatable bonds is 2. The molecular formula is C9H13N2+. The van der Waals surface area contributed by atoms with Crippen LogP contribution in [0.3, 0.4) is 0 Å². The van der Waals surface area contributed by atoms with Crippen LogP contribution in [0.15, 0.2) is 24.5 Å². The van der Waals surface area contributed by atoms with Crippen LogP contribution < -0.4 is 5.73 Å². The molecule has 1 fully saturated rings. The number of hydrogen-bond acceptors (Lipinski definition) is 1. The molecule has 1 heterocycles. The van der Waals surface area contributed by atoms with Crippen LogP contribution >= 0.6 is 0 Å². The first-order chi connectivity index (χ1) is 5.38. The third kappa shape index (κ3) is 1.40. The zero-order chi connectivity index (χ0) is 7.68. The molecular weight excluding hydrogens is 136 g/mol. The molecule has 0 bridgehead atoms. The van der Waals surface area contributed by atoms with Crippen molar-refractivity contribution in [1.82, 2.24) is 4.98 Å². The number of hydrogen-bond donors (Lipinski definition) is 1. The molecule has 0 aliphatic heterocycles. The molecule has 0 unspecified atom stereocenters. The lowest BCUT2D eigenvalue weighted by Crippen LogP contribution is -2.54. The molecule has 2 heteroatoms. The Balaban J connectivity index is 2.15. The molecule has 2 nitrogen and oxygen atoms in total.